The maximum absolute atomic E-state index is 12.3. The first-order valence-electron chi connectivity index (χ1n) is 5.83. The Hall–Kier alpha value is -3.03. The predicted molar refractivity (Wildman–Crippen MR) is 70.5 cm³/mol. The van der Waals surface area contributed by atoms with Crippen LogP contribution in [0.15, 0.2) is 35.3 Å². The van der Waals surface area contributed by atoms with Crippen LogP contribution in [0.2, 0.25) is 0 Å². The van der Waals surface area contributed by atoms with E-state index in [0.717, 1.165) is 11.1 Å². The lowest BCUT2D eigenvalue weighted by atomic mass is 10.1. The first-order valence-corrected chi connectivity index (χ1v) is 5.83. The number of pyridine rings is 2. The molecule has 2 N–H and O–H groups in total. The minimum absolute atomic E-state index is 0.0302. The number of aromatic nitrogens is 5. The van der Waals surface area contributed by atoms with Crippen molar-refractivity contribution in [1.29, 1.82) is 0 Å². The fourth-order valence-corrected chi connectivity index (χ4v) is 1.97. The molecule has 8 heteroatoms. The summed E-state index contributed by atoms with van der Waals surface area (Å²) in [6.45, 7) is 1.83. The topological polar surface area (TPSA) is 105 Å². The highest BCUT2D eigenvalue weighted by Crippen LogP contribution is 2.09. The molecule has 0 bridgehead atoms. The summed E-state index contributed by atoms with van der Waals surface area (Å²) in [7, 11) is 0. The van der Waals surface area contributed by atoms with Crippen molar-refractivity contribution in [2.75, 3.05) is 5.32 Å². The van der Waals surface area contributed by atoms with Crippen LogP contribution in [0, 0.1) is 6.92 Å². The molecule has 100 valence electrons. The molecule has 3 aromatic heterocycles. The molecule has 0 unspecified atom stereocenters. The Morgan fingerprint density at radius 3 is 3.00 bits per heavy atom. The minimum Gasteiger partial charge on any atom is -0.289 e. The van der Waals surface area contributed by atoms with Gasteiger partial charge in [0.05, 0.1) is 5.52 Å². The molecule has 0 aliphatic rings. The summed E-state index contributed by atoms with van der Waals surface area (Å²) >= 11 is 0. The molecule has 0 saturated heterocycles. The molecule has 20 heavy (non-hydrogen) atoms. The number of carbonyl (C=O) groups excluding carboxylic acids is 1. The second kappa shape index (κ2) is 4.57. The first-order chi connectivity index (χ1) is 9.66. The van der Waals surface area contributed by atoms with E-state index in [9.17, 15) is 9.59 Å². The Labute approximate surface area is 112 Å². The molecule has 8 nitrogen and oxygen atoms in total. The monoisotopic (exact) mass is 270 g/mol. The summed E-state index contributed by atoms with van der Waals surface area (Å²) in [6, 6.07) is 6.94. The van der Waals surface area contributed by atoms with Crippen molar-refractivity contribution < 1.29 is 4.79 Å². The average Bonchev–Trinajstić information content (AvgIpc) is 2.95. The normalized spacial score (nSPS) is 10.7. The Kier molecular flexibility index (Phi) is 2.75. The molecule has 0 atom stereocenters. The van der Waals surface area contributed by atoms with Crippen LogP contribution >= 0.6 is 0 Å². The van der Waals surface area contributed by atoms with E-state index in [1.807, 2.05) is 19.1 Å². The van der Waals surface area contributed by atoms with Crippen LogP contribution in [0.3, 0.4) is 0 Å². The highest BCUT2D eigenvalue weighted by Gasteiger charge is 2.15. The van der Waals surface area contributed by atoms with Gasteiger partial charge in [-0.3, -0.25) is 19.3 Å². The fourth-order valence-electron chi connectivity index (χ4n) is 1.97. The lowest BCUT2D eigenvalue weighted by Crippen LogP contribution is -2.26. The maximum atomic E-state index is 12.3. The summed E-state index contributed by atoms with van der Waals surface area (Å²) in [5, 5.41) is 15.0. The molecule has 0 aliphatic heterocycles. The number of fused-ring (bicyclic) bond motifs is 1. The van der Waals surface area contributed by atoms with Gasteiger partial charge in [-0.15, -0.1) is 0 Å². The third-order valence-electron chi connectivity index (χ3n) is 2.90. The molecule has 3 rings (SSSR count). The number of anilines is 1. The summed E-state index contributed by atoms with van der Waals surface area (Å²) in [5.41, 5.74) is 1.22. The van der Waals surface area contributed by atoms with Gasteiger partial charge < -0.3 is 0 Å². The lowest BCUT2D eigenvalue weighted by Gasteiger charge is -2.07. The zero-order valence-electron chi connectivity index (χ0n) is 10.5. The van der Waals surface area contributed by atoms with E-state index in [4.69, 9.17) is 0 Å². The number of aryl methyl sites for hydroxylation is 1. The molecule has 0 saturated carbocycles. The van der Waals surface area contributed by atoms with Crippen molar-refractivity contribution in [3.05, 3.63) is 51.9 Å². The number of nitrogens with zero attached hydrogens (tertiary/aromatic N) is 4. The van der Waals surface area contributed by atoms with Crippen molar-refractivity contribution >= 4 is 17.4 Å². The molecule has 0 spiro atoms. The van der Waals surface area contributed by atoms with E-state index < -0.39 is 11.5 Å². The van der Waals surface area contributed by atoms with Crippen molar-refractivity contribution in [3.63, 3.8) is 0 Å². The van der Waals surface area contributed by atoms with Gasteiger partial charge in [0.1, 0.15) is 5.56 Å². The number of H-pyrrole nitrogens is 1. The van der Waals surface area contributed by atoms with Gasteiger partial charge in [0.15, 0.2) is 0 Å². The van der Waals surface area contributed by atoms with Crippen LogP contribution in [0.1, 0.15) is 15.9 Å². The molecule has 3 heterocycles. The zero-order chi connectivity index (χ0) is 14.1. The first kappa shape index (κ1) is 12.0. The van der Waals surface area contributed by atoms with Gasteiger partial charge in [-0.2, -0.15) is 0 Å². The van der Waals surface area contributed by atoms with Crippen LogP contribution in [0.5, 0.6) is 0 Å². The quantitative estimate of drug-likeness (QED) is 0.700. The number of hydrogen-bond acceptors (Lipinski definition) is 5. The molecule has 0 fully saturated rings. The van der Waals surface area contributed by atoms with Crippen molar-refractivity contribution in [2.24, 2.45) is 0 Å². The molecular weight excluding hydrogens is 260 g/mol. The predicted octanol–water partition coefficient (Wildman–Crippen LogP) is 0.373. The minimum atomic E-state index is -0.560. The fraction of sp³-hybridized carbons (Fsp3) is 0.0833. The molecule has 3 aromatic rings. The number of carbonyl (C=O) groups is 1. The SMILES string of the molecule is Cc1cc(C(=O)Nc2nnn[nH]2)c(=O)n2ccccc12. The van der Waals surface area contributed by atoms with Crippen LogP contribution in [-0.4, -0.2) is 30.9 Å². The number of aromatic amines is 1. The van der Waals surface area contributed by atoms with Gasteiger partial charge in [0.2, 0.25) is 5.95 Å². The number of nitrogens with one attached hydrogen (secondary N) is 2. The average molecular weight is 270 g/mol. The third-order valence-corrected chi connectivity index (χ3v) is 2.90. The molecule has 1 amide bonds. The highest BCUT2D eigenvalue weighted by atomic mass is 16.2. The van der Waals surface area contributed by atoms with E-state index in [-0.39, 0.29) is 11.5 Å². The Bertz CT molecular complexity index is 837. The Morgan fingerprint density at radius 1 is 1.40 bits per heavy atom. The van der Waals surface area contributed by atoms with Gasteiger partial charge in [-0.1, -0.05) is 11.2 Å². The second-order valence-corrected chi connectivity index (χ2v) is 4.21. The highest BCUT2D eigenvalue weighted by molar-refractivity contribution is 6.03. The summed E-state index contributed by atoms with van der Waals surface area (Å²) in [6.07, 6.45) is 1.62. The van der Waals surface area contributed by atoms with Crippen LogP contribution in [0.4, 0.5) is 5.95 Å². The van der Waals surface area contributed by atoms with Gasteiger partial charge in [0, 0.05) is 6.20 Å². The summed E-state index contributed by atoms with van der Waals surface area (Å²) < 4.78 is 1.43. The third kappa shape index (κ3) is 1.92. The smallest absolute Gasteiger partial charge is 0.267 e. The Morgan fingerprint density at radius 2 is 2.25 bits per heavy atom. The van der Waals surface area contributed by atoms with E-state index in [2.05, 4.69) is 25.9 Å². The number of tetrazole rings is 1. The molecule has 0 aliphatic carbocycles. The van der Waals surface area contributed by atoms with E-state index in [1.54, 1.807) is 18.3 Å². The van der Waals surface area contributed by atoms with Crippen molar-refractivity contribution in [1.82, 2.24) is 25.0 Å². The number of amides is 1. The summed E-state index contributed by atoms with van der Waals surface area (Å²) in [5.74, 6) is -0.472. The standard InChI is InChI=1S/C12H10N6O2/c1-7-6-8(10(19)13-12-14-16-17-15-12)11(20)18-5-3-2-4-9(7)18/h2-6H,1H3,(H2,13,14,15,16,17,19). The van der Waals surface area contributed by atoms with Crippen LogP contribution in [-0.2, 0) is 0 Å². The molecule has 0 radical (unpaired) electrons. The maximum Gasteiger partial charge on any atom is 0.267 e. The van der Waals surface area contributed by atoms with E-state index in [0.29, 0.717) is 0 Å². The largest absolute Gasteiger partial charge is 0.289 e. The molecular formula is C12H10N6O2. The van der Waals surface area contributed by atoms with Crippen LogP contribution < -0.4 is 10.9 Å². The van der Waals surface area contributed by atoms with Crippen molar-refractivity contribution in [3.8, 4) is 0 Å². The lowest BCUT2D eigenvalue weighted by molar-refractivity contribution is 0.102. The van der Waals surface area contributed by atoms with Crippen molar-refractivity contribution in [2.45, 2.75) is 6.92 Å². The number of hydrogen-bond donors (Lipinski definition) is 2. The van der Waals surface area contributed by atoms with Gasteiger partial charge >= 0.3 is 0 Å². The van der Waals surface area contributed by atoms with Gasteiger partial charge in [-0.25, -0.2) is 5.10 Å². The van der Waals surface area contributed by atoms with Gasteiger partial charge in [0.25, 0.3) is 11.5 Å². The molecule has 0 aromatic carbocycles. The zero-order valence-corrected chi connectivity index (χ0v) is 10.5. The second-order valence-electron chi connectivity index (χ2n) is 4.21. The van der Waals surface area contributed by atoms with Gasteiger partial charge in [-0.05, 0) is 41.1 Å². The summed E-state index contributed by atoms with van der Waals surface area (Å²) in [4.78, 5) is 24.4. The van der Waals surface area contributed by atoms with E-state index in [1.165, 1.54) is 4.40 Å². The number of rotatable bonds is 2. The van der Waals surface area contributed by atoms with Crippen LogP contribution in [0.25, 0.3) is 5.52 Å². The van der Waals surface area contributed by atoms with E-state index >= 15 is 0 Å². The Balaban J connectivity index is 2.10.